The Morgan fingerprint density at radius 1 is 1.05 bits per heavy atom. The van der Waals surface area contributed by atoms with Crippen molar-refractivity contribution in [3.63, 3.8) is 0 Å². The Bertz CT molecular complexity index is 1230. The van der Waals surface area contributed by atoms with E-state index in [1.165, 1.54) is 19.2 Å². The summed E-state index contributed by atoms with van der Waals surface area (Å²) >= 11 is 0. The predicted octanol–water partition coefficient (Wildman–Crippen LogP) is 3.24. The molecule has 0 spiro atoms. The van der Waals surface area contributed by atoms with Crippen molar-refractivity contribution < 1.29 is 41.6 Å². The van der Waals surface area contributed by atoms with E-state index in [0.717, 1.165) is 22.7 Å². The fourth-order valence-corrected chi connectivity index (χ4v) is 6.86. The summed E-state index contributed by atoms with van der Waals surface area (Å²) in [4.78, 5) is 13.8. The van der Waals surface area contributed by atoms with Gasteiger partial charge in [0.15, 0.2) is 18.1 Å². The van der Waals surface area contributed by atoms with E-state index >= 15 is 0 Å². The van der Waals surface area contributed by atoms with Crippen LogP contribution in [0.3, 0.4) is 0 Å². The van der Waals surface area contributed by atoms with Gasteiger partial charge in [0.1, 0.15) is 30.7 Å². The molecule has 1 unspecified atom stereocenters. The second-order valence-electron chi connectivity index (χ2n) is 10.3. The van der Waals surface area contributed by atoms with Crippen molar-refractivity contribution in [2.75, 3.05) is 20.3 Å². The number of hydrogen-bond acceptors (Lipinski definition) is 9. The van der Waals surface area contributed by atoms with Gasteiger partial charge in [-0.1, -0.05) is 30.3 Å². The first-order valence-electron chi connectivity index (χ1n) is 13.2. The Kier molecular flexibility index (Phi) is 8.27. The molecule has 11 heteroatoms. The Labute approximate surface area is 229 Å². The number of carbonyl (C=O) groups excluding carboxylic acids is 1. The largest absolute Gasteiger partial charge is 0.497 e. The van der Waals surface area contributed by atoms with Gasteiger partial charge in [-0.25, -0.2) is 8.42 Å². The summed E-state index contributed by atoms with van der Waals surface area (Å²) in [6.45, 7) is 3.90. The van der Waals surface area contributed by atoms with Gasteiger partial charge in [-0.2, -0.15) is 4.31 Å². The molecule has 2 aromatic rings. The molecule has 0 aromatic heterocycles. The molecule has 212 valence electrons. The van der Waals surface area contributed by atoms with Crippen LogP contribution < -0.4 is 4.74 Å². The van der Waals surface area contributed by atoms with E-state index in [-0.39, 0.29) is 18.0 Å². The van der Waals surface area contributed by atoms with Gasteiger partial charge in [0, 0.05) is 13.2 Å². The molecule has 0 radical (unpaired) electrons. The number of rotatable bonds is 8. The molecule has 10 nitrogen and oxygen atoms in total. The first kappa shape index (κ1) is 28.0. The minimum atomic E-state index is -4.19. The average Bonchev–Trinajstić information content (AvgIpc) is 3.26. The summed E-state index contributed by atoms with van der Waals surface area (Å²) in [5.74, 6) is -1.22. The summed E-state index contributed by atoms with van der Waals surface area (Å²) in [5, 5.41) is 0. The van der Waals surface area contributed by atoms with Gasteiger partial charge < -0.3 is 28.4 Å². The number of ether oxygens (including phenoxy) is 6. The van der Waals surface area contributed by atoms with Crippen LogP contribution in [0.2, 0.25) is 0 Å². The van der Waals surface area contributed by atoms with E-state index in [2.05, 4.69) is 0 Å². The third-order valence-corrected chi connectivity index (χ3v) is 8.97. The molecule has 5 rings (SSSR count). The van der Waals surface area contributed by atoms with Gasteiger partial charge >= 0.3 is 5.97 Å². The van der Waals surface area contributed by atoms with E-state index in [4.69, 9.17) is 28.4 Å². The second kappa shape index (κ2) is 11.5. The van der Waals surface area contributed by atoms with E-state index in [1.54, 1.807) is 26.0 Å². The van der Waals surface area contributed by atoms with E-state index in [1.807, 2.05) is 30.3 Å². The highest BCUT2D eigenvalue weighted by Crippen LogP contribution is 2.40. The van der Waals surface area contributed by atoms with Gasteiger partial charge in [0.05, 0.1) is 12.0 Å². The monoisotopic (exact) mass is 561 g/mol. The lowest BCUT2D eigenvalue weighted by molar-refractivity contribution is -0.235. The molecule has 3 aliphatic rings. The normalized spacial score (nSPS) is 28.9. The zero-order chi connectivity index (χ0) is 27.6. The van der Waals surface area contributed by atoms with Gasteiger partial charge in [0.25, 0.3) is 0 Å². The zero-order valence-electron chi connectivity index (χ0n) is 22.4. The Hall–Kier alpha value is -2.54. The fraction of sp³-hybridized carbons (Fsp3) is 0.536. The zero-order valence-corrected chi connectivity index (χ0v) is 23.2. The predicted molar refractivity (Wildman–Crippen MR) is 139 cm³/mol. The number of benzene rings is 2. The van der Waals surface area contributed by atoms with E-state index < -0.39 is 52.4 Å². The summed E-state index contributed by atoms with van der Waals surface area (Å²) in [6.07, 6.45) is -0.582. The van der Waals surface area contributed by atoms with Gasteiger partial charge in [0.2, 0.25) is 10.0 Å². The molecule has 3 aliphatic heterocycles. The lowest BCUT2D eigenvalue weighted by Crippen LogP contribution is -2.66. The molecule has 0 amide bonds. The Morgan fingerprint density at radius 3 is 2.46 bits per heavy atom. The van der Waals surface area contributed by atoms with Crippen LogP contribution in [-0.4, -0.2) is 75.4 Å². The highest BCUT2D eigenvalue weighted by molar-refractivity contribution is 7.89. The van der Waals surface area contributed by atoms with Crippen LogP contribution in [0.15, 0.2) is 59.5 Å². The van der Waals surface area contributed by atoms with Crippen LogP contribution in [-0.2, 0) is 45.1 Å². The Balaban J connectivity index is 1.52. The molecule has 0 N–H and O–H groups in total. The van der Waals surface area contributed by atoms with Crippen LogP contribution in [0, 0.1) is 0 Å². The summed E-state index contributed by atoms with van der Waals surface area (Å²) < 4.78 is 64.6. The molecule has 2 aromatic carbocycles. The SMILES string of the molecule is COc1ccc(S(=O)(=O)N2C[C@@H]3OC(C)(C)O[C@@H]3[C@@H](OC3CCCCO3)[C@@H]2C(=O)OCc2ccccc2)cc1. The van der Waals surface area contributed by atoms with Crippen molar-refractivity contribution >= 4 is 16.0 Å². The van der Waals surface area contributed by atoms with Crippen LogP contribution in [0.5, 0.6) is 5.75 Å². The maximum atomic E-state index is 14.1. The van der Waals surface area contributed by atoms with Crippen molar-refractivity contribution in [3.05, 3.63) is 60.2 Å². The molecular formula is C28H35NO9S. The maximum absolute atomic E-state index is 14.1. The second-order valence-corrected chi connectivity index (χ2v) is 12.2. The maximum Gasteiger partial charge on any atom is 0.327 e. The average molecular weight is 562 g/mol. The third kappa shape index (κ3) is 6.13. The van der Waals surface area contributed by atoms with Gasteiger partial charge in [-0.3, -0.25) is 4.79 Å². The molecule has 39 heavy (non-hydrogen) atoms. The van der Waals surface area contributed by atoms with E-state index in [9.17, 15) is 13.2 Å². The fourth-order valence-electron chi connectivity index (χ4n) is 5.26. The number of carbonyl (C=O) groups is 1. The number of methoxy groups -OCH3 is 1. The molecule has 3 saturated heterocycles. The van der Waals surface area contributed by atoms with Gasteiger partial charge in [-0.15, -0.1) is 0 Å². The van der Waals surface area contributed by atoms with Gasteiger partial charge in [-0.05, 0) is 62.9 Å². The number of piperidine rings is 1. The molecule has 3 heterocycles. The van der Waals surface area contributed by atoms with Crippen LogP contribution in [0.25, 0.3) is 0 Å². The number of fused-ring (bicyclic) bond motifs is 1. The van der Waals surface area contributed by atoms with Crippen LogP contribution >= 0.6 is 0 Å². The summed E-state index contributed by atoms with van der Waals surface area (Å²) in [6, 6.07) is 13.9. The molecule has 3 fully saturated rings. The molecule has 0 aliphatic carbocycles. The van der Waals surface area contributed by atoms with E-state index in [0.29, 0.717) is 18.8 Å². The van der Waals surface area contributed by atoms with Crippen molar-refractivity contribution in [3.8, 4) is 5.75 Å². The van der Waals surface area contributed by atoms with Crippen molar-refractivity contribution in [1.82, 2.24) is 4.31 Å². The van der Waals surface area contributed by atoms with Crippen LogP contribution in [0.1, 0.15) is 38.7 Å². The number of hydrogen-bond donors (Lipinski definition) is 0. The summed E-state index contributed by atoms with van der Waals surface area (Å²) in [7, 11) is -2.69. The van der Waals surface area contributed by atoms with Crippen molar-refractivity contribution in [2.45, 2.75) is 81.0 Å². The first-order valence-corrected chi connectivity index (χ1v) is 14.6. The quantitative estimate of drug-likeness (QED) is 0.449. The standard InChI is InChI=1S/C28H35NO9S/c1-28(2)37-22-17-29(39(31,32)21-14-12-20(33-3)13-15-21)24(27(30)35-18-19-9-5-4-6-10-19)26(25(22)38-28)36-23-11-7-8-16-34-23/h4-6,9-10,12-15,22-26H,7-8,11,16-18H2,1-3H3/t22-,23?,24+,25-,26-/m0/s1. The lowest BCUT2D eigenvalue weighted by Gasteiger charge is -2.44. The molecular weight excluding hydrogens is 526 g/mol. The lowest BCUT2D eigenvalue weighted by atomic mass is 9.95. The highest BCUT2D eigenvalue weighted by atomic mass is 32.2. The molecule has 0 saturated carbocycles. The Morgan fingerprint density at radius 2 is 1.79 bits per heavy atom. The smallest absolute Gasteiger partial charge is 0.327 e. The third-order valence-electron chi connectivity index (χ3n) is 7.10. The minimum absolute atomic E-state index is 0.00783. The number of sulfonamides is 1. The van der Waals surface area contributed by atoms with Crippen molar-refractivity contribution in [2.24, 2.45) is 0 Å². The molecule has 5 atom stereocenters. The molecule has 0 bridgehead atoms. The van der Waals surface area contributed by atoms with Crippen molar-refractivity contribution in [1.29, 1.82) is 0 Å². The minimum Gasteiger partial charge on any atom is -0.497 e. The number of esters is 1. The number of nitrogens with zero attached hydrogens (tertiary/aromatic N) is 1. The topological polar surface area (TPSA) is 110 Å². The summed E-state index contributed by atoms with van der Waals surface area (Å²) in [5.41, 5.74) is 0.777. The highest BCUT2D eigenvalue weighted by Gasteiger charge is 2.59. The first-order chi connectivity index (χ1) is 18.7. The van der Waals surface area contributed by atoms with Crippen LogP contribution in [0.4, 0.5) is 0 Å².